The maximum atomic E-state index is 11.6. The van der Waals surface area contributed by atoms with Crippen LogP contribution in [0.15, 0.2) is 0 Å². The van der Waals surface area contributed by atoms with Gasteiger partial charge in [0.15, 0.2) is 0 Å². The van der Waals surface area contributed by atoms with E-state index < -0.39 is 0 Å². The molecule has 78 valence electrons. The van der Waals surface area contributed by atoms with Crippen LogP contribution in [-0.4, -0.2) is 47.8 Å². The molecular formula is C10H16N2O2. The Morgan fingerprint density at radius 3 is 2.29 bits per heavy atom. The third-order valence-electron chi connectivity index (χ3n) is 2.95. The van der Waals surface area contributed by atoms with Crippen molar-refractivity contribution in [3.05, 3.63) is 0 Å². The average molecular weight is 196 g/mol. The van der Waals surface area contributed by atoms with E-state index in [1.165, 1.54) is 12.8 Å². The minimum absolute atomic E-state index is 0.301. The van der Waals surface area contributed by atoms with Crippen molar-refractivity contribution in [2.75, 3.05) is 26.2 Å². The summed E-state index contributed by atoms with van der Waals surface area (Å²) >= 11 is 0. The molecule has 2 aliphatic rings. The maximum Gasteiger partial charge on any atom is 0.312 e. The number of carbonyl (C=O) groups is 2. The molecule has 0 aromatic rings. The second-order valence-corrected chi connectivity index (χ2v) is 4.08. The Labute approximate surface area is 83.9 Å². The van der Waals surface area contributed by atoms with Crippen LogP contribution in [-0.2, 0) is 9.59 Å². The number of piperazine rings is 1. The maximum absolute atomic E-state index is 11.6. The van der Waals surface area contributed by atoms with Gasteiger partial charge < -0.3 is 9.80 Å². The molecule has 1 saturated heterocycles. The minimum atomic E-state index is -0.320. The summed E-state index contributed by atoms with van der Waals surface area (Å²) in [4.78, 5) is 26.4. The van der Waals surface area contributed by atoms with Crippen LogP contribution in [0.5, 0.6) is 0 Å². The standard InChI is InChI=1S/C10H16N2O2/c1-2-11-5-6-12(7-8-3-4-8)10(14)9(11)13/h8H,2-7H2,1H3. The molecule has 0 atom stereocenters. The number of amides is 2. The van der Waals surface area contributed by atoms with E-state index >= 15 is 0 Å². The Bertz CT molecular complexity index is 261. The number of carbonyl (C=O) groups excluding carboxylic acids is 2. The van der Waals surface area contributed by atoms with Gasteiger partial charge in [-0.1, -0.05) is 0 Å². The Morgan fingerprint density at radius 2 is 1.71 bits per heavy atom. The molecule has 0 bridgehead atoms. The highest BCUT2D eigenvalue weighted by atomic mass is 16.2. The number of rotatable bonds is 3. The molecule has 1 aliphatic heterocycles. The largest absolute Gasteiger partial charge is 0.333 e. The lowest BCUT2D eigenvalue weighted by Crippen LogP contribution is -2.54. The third kappa shape index (κ3) is 1.74. The van der Waals surface area contributed by atoms with E-state index in [-0.39, 0.29) is 11.8 Å². The van der Waals surface area contributed by atoms with Gasteiger partial charge >= 0.3 is 11.8 Å². The Morgan fingerprint density at radius 1 is 1.14 bits per heavy atom. The zero-order chi connectivity index (χ0) is 10.1. The molecule has 0 radical (unpaired) electrons. The van der Waals surface area contributed by atoms with Gasteiger partial charge in [-0.15, -0.1) is 0 Å². The molecule has 0 unspecified atom stereocenters. The molecule has 0 aromatic carbocycles. The number of nitrogens with zero attached hydrogens (tertiary/aromatic N) is 2. The van der Waals surface area contributed by atoms with Crippen LogP contribution in [0.3, 0.4) is 0 Å². The van der Waals surface area contributed by atoms with Gasteiger partial charge in [-0.25, -0.2) is 0 Å². The highest BCUT2D eigenvalue weighted by molar-refractivity contribution is 6.35. The van der Waals surface area contributed by atoms with Crippen molar-refractivity contribution in [3.8, 4) is 0 Å². The molecule has 4 heteroatoms. The van der Waals surface area contributed by atoms with Crippen LogP contribution < -0.4 is 0 Å². The predicted molar refractivity (Wildman–Crippen MR) is 51.6 cm³/mol. The SMILES string of the molecule is CCN1CCN(CC2CC2)C(=O)C1=O. The highest BCUT2D eigenvalue weighted by Gasteiger charge is 2.34. The van der Waals surface area contributed by atoms with Crippen LogP contribution >= 0.6 is 0 Å². The van der Waals surface area contributed by atoms with Crippen molar-refractivity contribution < 1.29 is 9.59 Å². The summed E-state index contributed by atoms with van der Waals surface area (Å²) in [5, 5.41) is 0. The first kappa shape index (κ1) is 9.49. The Balaban J connectivity index is 1.95. The Kier molecular flexibility index (Phi) is 2.44. The molecule has 1 aliphatic carbocycles. The van der Waals surface area contributed by atoms with Gasteiger partial charge in [0.2, 0.25) is 0 Å². The topological polar surface area (TPSA) is 40.6 Å². The first-order chi connectivity index (χ1) is 6.72. The van der Waals surface area contributed by atoms with Gasteiger partial charge in [0, 0.05) is 26.2 Å². The van der Waals surface area contributed by atoms with Crippen LogP contribution in [0.1, 0.15) is 19.8 Å². The molecule has 0 spiro atoms. The van der Waals surface area contributed by atoms with Gasteiger partial charge in [0.05, 0.1) is 0 Å². The third-order valence-corrected chi connectivity index (χ3v) is 2.95. The van der Waals surface area contributed by atoms with Crippen molar-refractivity contribution in [2.24, 2.45) is 5.92 Å². The van der Waals surface area contributed by atoms with Crippen molar-refractivity contribution in [2.45, 2.75) is 19.8 Å². The predicted octanol–water partition coefficient (Wildman–Crippen LogP) is 0.0871. The summed E-state index contributed by atoms with van der Waals surface area (Å²) in [6.45, 7) is 4.76. The van der Waals surface area contributed by atoms with E-state index in [1.807, 2.05) is 6.92 Å². The second kappa shape index (κ2) is 3.59. The molecule has 4 nitrogen and oxygen atoms in total. The number of hydrogen-bond acceptors (Lipinski definition) is 2. The van der Waals surface area contributed by atoms with Crippen molar-refractivity contribution in [3.63, 3.8) is 0 Å². The van der Waals surface area contributed by atoms with Gasteiger partial charge in [0.1, 0.15) is 0 Å². The zero-order valence-corrected chi connectivity index (χ0v) is 8.53. The molecular weight excluding hydrogens is 180 g/mol. The summed E-state index contributed by atoms with van der Waals surface area (Å²) in [5.41, 5.74) is 0. The van der Waals surface area contributed by atoms with Gasteiger partial charge in [0.25, 0.3) is 0 Å². The lowest BCUT2D eigenvalue weighted by molar-refractivity contribution is -0.155. The average Bonchev–Trinajstić information content (AvgIpc) is 2.97. The van der Waals surface area contributed by atoms with Crippen LogP contribution in [0, 0.1) is 5.92 Å². The molecule has 0 aromatic heterocycles. The summed E-state index contributed by atoms with van der Waals surface area (Å²) in [6.07, 6.45) is 2.44. The van der Waals surface area contributed by atoms with Crippen molar-refractivity contribution in [1.82, 2.24) is 9.80 Å². The zero-order valence-electron chi connectivity index (χ0n) is 8.53. The smallest absolute Gasteiger partial charge is 0.312 e. The summed E-state index contributed by atoms with van der Waals surface area (Å²) in [5.74, 6) is 0.0457. The minimum Gasteiger partial charge on any atom is -0.333 e. The summed E-state index contributed by atoms with van der Waals surface area (Å²) < 4.78 is 0. The first-order valence-electron chi connectivity index (χ1n) is 5.30. The van der Waals surface area contributed by atoms with E-state index in [4.69, 9.17) is 0 Å². The van der Waals surface area contributed by atoms with Crippen LogP contribution in [0.2, 0.25) is 0 Å². The quantitative estimate of drug-likeness (QED) is 0.600. The number of hydrogen-bond donors (Lipinski definition) is 0. The first-order valence-corrected chi connectivity index (χ1v) is 5.30. The normalized spacial score (nSPS) is 23.2. The van der Waals surface area contributed by atoms with E-state index in [0.29, 0.717) is 19.0 Å². The van der Waals surface area contributed by atoms with Gasteiger partial charge in [-0.05, 0) is 25.7 Å². The van der Waals surface area contributed by atoms with E-state index in [1.54, 1.807) is 9.80 Å². The number of likely N-dealkylation sites (N-methyl/N-ethyl adjacent to an activating group) is 1. The van der Waals surface area contributed by atoms with Crippen molar-refractivity contribution in [1.29, 1.82) is 0 Å². The molecule has 2 fully saturated rings. The highest BCUT2D eigenvalue weighted by Crippen LogP contribution is 2.30. The van der Waals surface area contributed by atoms with Crippen LogP contribution in [0.25, 0.3) is 0 Å². The van der Waals surface area contributed by atoms with Gasteiger partial charge in [-0.2, -0.15) is 0 Å². The molecule has 1 heterocycles. The molecule has 14 heavy (non-hydrogen) atoms. The van der Waals surface area contributed by atoms with Crippen LogP contribution in [0.4, 0.5) is 0 Å². The summed E-state index contributed by atoms with van der Waals surface area (Å²) in [6, 6.07) is 0. The molecule has 1 saturated carbocycles. The van der Waals surface area contributed by atoms with Gasteiger partial charge in [-0.3, -0.25) is 9.59 Å². The fourth-order valence-corrected chi connectivity index (χ4v) is 1.80. The van der Waals surface area contributed by atoms with Crippen molar-refractivity contribution >= 4 is 11.8 Å². The summed E-state index contributed by atoms with van der Waals surface area (Å²) in [7, 11) is 0. The molecule has 2 amide bonds. The fraction of sp³-hybridized carbons (Fsp3) is 0.800. The lowest BCUT2D eigenvalue weighted by atomic mass is 10.2. The fourth-order valence-electron chi connectivity index (χ4n) is 1.80. The van der Waals surface area contributed by atoms with E-state index in [9.17, 15) is 9.59 Å². The molecule has 0 N–H and O–H groups in total. The van der Waals surface area contributed by atoms with E-state index in [2.05, 4.69) is 0 Å². The Hall–Kier alpha value is -1.06. The lowest BCUT2D eigenvalue weighted by Gasteiger charge is -2.33. The molecule has 2 rings (SSSR count). The second-order valence-electron chi connectivity index (χ2n) is 4.08. The monoisotopic (exact) mass is 196 g/mol. The van der Waals surface area contributed by atoms with E-state index in [0.717, 1.165) is 13.1 Å².